The first kappa shape index (κ1) is 20.0. The van der Waals surface area contributed by atoms with Crippen LogP contribution in [0, 0.1) is 12.7 Å². The molecule has 0 bridgehead atoms. The summed E-state index contributed by atoms with van der Waals surface area (Å²) in [7, 11) is -3.70. The molecule has 3 rings (SSSR count). The van der Waals surface area contributed by atoms with E-state index in [0.29, 0.717) is 17.8 Å². The van der Waals surface area contributed by atoms with Crippen molar-refractivity contribution in [3.05, 3.63) is 71.0 Å². The van der Waals surface area contributed by atoms with Crippen LogP contribution in [0.4, 0.5) is 15.2 Å². The van der Waals surface area contributed by atoms with Gasteiger partial charge in [-0.2, -0.15) is 0 Å². The van der Waals surface area contributed by atoms with Crippen LogP contribution in [0.5, 0.6) is 0 Å². The molecule has 1 amide bonds. The van der Waals surface area contributed by atoms with Gasteiger partial charge in [0.1, 0.15) is 5.82 Å². The Morgan fingerprint density at radius 3 is 2.46 bits per heavy atom. The van der Waals surface area contributed by atoms with Gasteiger partial charge < -0.3 is 5.32 Å². The average Bonchev–Trinajstić information content (AvgIpc) is 3.09. The molecule has 0 spiro atoms. The van der Waals surface area contributed by atoms with Crippen molar-refractivity contribution in [3.8, 4) is 0 Å². The highest BCUT2D eigenvalue weighted by Gasteiger charge is 2.16. The van der Waals surface area contributed by atoms with Crippen molar-refractivity contribution >= 4 is 38.1 Å². The first-order valence-corrected chi connectivity index (χ1v) is 10.8. The molecule has 0 aliphatic rings. The van der Waals surface area contributed by atoms with Crippen LogP contribution >= 0.6 is 11.3 Å². The standard InChI is InChI=1S/C19H18FN3O3S2/c1-13-2-9-17(10-3-13)28(25,26)23-19-22-16(12-27-19)8-11-18(24)21-15-6-4-14(20)5-7-15/h2-7,9-10,12H,8,11H2,1H3,(H,21,24)(H,22,23). The van der Waals surface area contributed by atoms with Gasteiger partial charge in [-0.1, -0.05) is 17.7 Å². The highest BCUT2D eigenvalue weighted by molar-refractivity contribution is 7.93. The fourth-order valence-corrected chi connectivity index (χ4v) is 4.36. The van der Waals surface area contributed by atoms with Crippen molar-refractivity contribution in [2.75, 3.05) is 10.0 Å². The number of benzene rings is 2. The molecule has 3 aromatic rings. The Bertz CT molecular complexity index is 1060. The Labute approximate surface area is 166 Å². The summed E-state index contributed by atoms with van der Waals surface area (Å²) in [5.41, 5.74) is 2.09. The van der Waals surface area contributed by atoms with Crippen LogP contribution in [0.15, 0.2) is 58.8 Å². The topological polar surface area (TPSA) is 88.2 Å². The predicted octanol–water partition coefficient (Wildman–Crippen LogP) is 3.96. The lowest BCUT2D eigenvalue weighted by Gasteiger charge is -2.05. The zero-order valence-electron chi connectivity index (χ0n) is 15.0. The minimum Gasteiger partial charge on any atom is -0.326 e. The average molecular weight is 420 g/mol. The monoisotopic (exact) mass is 419 g/mol. The van der Waals surface area contributed by atoms with Crippen molar-refractivity contribution in [1.82, 2.24) is 4.98 Å². The molecule has 2 N–H and O–H groups in total. The van der Waals surface area contributed by atoms with Gasteiger partial charge in [-0.05, 0) is 49.7 Å². The number of carbonyl (C=O) groups excluding carboxylic acids is 1. The molecule has 9 heteroatoms. The highest BCUT2D eigenvalue weighted by Crippen LogP contribution is 2.21. The van der Waals surface area contributed by atoms with Crippen molar-refractivity contribution < 1.29 is 17.6 Å². The number of aromatic nitrogens is 1. The number of nitrogens with zero attached hydrogens (tertiary/aromatic N) is 1. The summed E-state index contributed by atoms with van der Waals surface area (Å²) in [6.45, 7) is 1.88. The Hall–Kier alpha value is -2.78. The van der Waals surface area contributed by atoms with Crippen LogP contribution in [0.25, 0.3) is 0 Å². The molecule has 6 nitrogen and oxygen atoms in total. The van der Waals surface area contributed by atoms with Crippen molar-refractivity contribution in [2.24, 2.45) is 0 Å². The van der Waals surface area contributed by atoms with E-state index in [9.17, 15) is 17.6 Å². The van der Waals surface area contributed by atoms with E-state index in [1.807, 2.05) is 6.92 Å². The SMILES string of the molecule is Cc1ccc(S(=O)(=O)Nc2nc(CCC(=O)Nc3ccc(F)cc3)cs2)cc1. The van der Waals surface area contributed by atoms with Gasteiger partial charge in [0, 0.05) is 17.5 Å². The smallest absolute Gasteiger partial charge is 0.263 e. The van der Waals surface area contributed by atoms with Gasteiger partial charge in [0.2, 0.25) is 5.91 Å². The lowest BCUT2D eigenvalue weighted by atomic mass is 10.2. The quantitative estimate of drug-likeness (QED) is 0.607. The van der Waals surface area contributed by atoms with Crippen molar-refractivity contribution in [1.29, 1.82) is 0 Å². The van der Waals surface area contributed by atoms with E-state index in [4.69, 9.17) is 0 Å². The molecular formula is C19H18FN3O3S2. The predicted molar refractivity (Wildman–Crippen MR) is 107 cm³/mol. The number of rotatable bonds is 7. The fourth-order valence-electron chi connectivity index (χ4n) is 2.36. The van der Waals surface area contributed by atoms with Crippen LogP contribution in [0.1, 0.15) is 17.7 Å². The molecule has 0 aliphatic heterocycles. The van der Waals surface area contributed by atoms with Gasteiger partial charge in [-0.3, -0.25) is 9.52 Å². The molecule has 0 unspecified atom stereocenters. The second-order valence-electron chi connectivity index (χ2n) is 6.12. The summed E-state index contributed by atoms with van der Waals surface area (Å²) in [6.07, 6.45) is 0.529. The number of halogens is 1. The maximum Gasteiger partial charge on any atom is 0.263 e. The number of sulfonamides is 1. The summed E-state index contributed by atoms with van der Waals surface area (Å²) in [5, 5.41) is 4.62. The van der Waals surface area contributed by atoms with E-state index in [0.717, 1.165) is 16.9 Å². The lowest BCUT2D eigenvalue weighted by Crippen LogP contribution is -2.13. The molecule has 28 heavy (non-hydrogen) atoms. The number of carbonyl (C=O) groups is 1. The second-order valence-corrected chi connectivity index (χ2v) is 8.66. The zero-order valence-corrected chi connectivity index (χ0v) is 16.6. The Kier molecular flexibility index (Phi) is 6.05. The maximum atomic E-state index is 12.9. The fraction of sp³-hybridized carbons (Fsp3) is 0.158. The summed E-state index contributed by atoms with van der Waals surface area (Å²) < 4.78 is 40.1. The maximum absolute atomic E-state index is 12.9. The first-order valence-electron chi connectivity index (χ1n) is 8.41. The van der Waals surface area contributed by atoms with Crippen LogP contribution in [-0.4, -0.2) is 19.3 Å². The summed E-state index contributed by atoms with van der Waals surface area (Å²) in [4.78, 5) is 16.4. The Morgan fingerprint density at radius 2 is 1.79 bits per heavy atom. The molecular weight excluding hydrogens is 401 g/mol. The number of anilines is 2. The summed E-state index contributed by atoms with van der Waals surface area (Å²) >= 11 is 1.16. The van der Waals surface area contributed by atoms with E-state index in [-0.39, 0.29) is 28.2 Å². The third-order valence-corrected chi connectivity index (χ3v) is 6.13. The van der Waals surface area contributed by atoms with E-state index in [2.05, 4.69) is 15.0 Å². The van der Waals surface area contributed by atoms with Crippen molar-refractivity contribution in [3.63, 3.8) is 0 Å². The van der Waals surface area contributed by atoms with E-state index in [1.165, 1.54) is 36.4 Å². The van der Waals surface area contributed by atoms with Gasteiger partial charge in [0.25, 0.3) is 10.0 Å². The number of hydrogen-bond acceptors (Lipinski definition) is 5. The van der Waals surface area contributed by atoms with Crippen LogP contribution in [0.3, 0.4) is 0 Å². The first-order chi connectivity index (χ1) is 13.3. The molecule has 0 fully saturated rings. The van der Waals surface area contributed by atoms with Crippen LogP contribution in [-0.2, 0) is 21.2 Å². The third-order valence-electron chi connectivity index (χ3n) is 3.84. The Balaban J connectivity index is 1.55. The number of thiazole rings is 1. The zero-order chi connectivity index (χ0) is 20.1. The third kappa shape index (κ3) is 5.37. The van der Waals surface area contributed by atoms with E-state index < -0.39 is 10.0 Å². The molecule has 0 saturated carbocycles. The van der Waals surface area contributed by atoms with Crippen molar-refractivity contribution in [2.45, 2.75) is 24.7 Å². The Morgan fingerprint density at radius 1 is 1.11 bits per heavy atom. The molecule has 146 valence electrons. The van der Waals surface area contributed by atoms with E-state index in [1.54, 1.807) is 17.5 Å². The molecule has 1 heterocycles. The number of aryl methyl sites for hydroxylation is 2. The molecule has 1 aromatic heterocycles. The number of hydrogen-bond donors (Lipinski definition) is 2. The van der Waals surface area contributed by atoms with Gasteiger partial charge >= 0.3 is 0 Å². The number of nitrogens with one attached hydrogen (secondary N) is 2. The van der Waals surface area contributed by atoms with Crippen LogP contribution in [0.2, 0.25) is 0 Å². The summed E-state index contributed by atoms with van der Waals surface area (Å²) in [6, 6.07) is 12.0. The van der Waals surface area contributed by atoms with Gasteiger partial charge in [0.15, 0.2) is 5.13 Å². The lowest BCUT2D eigenvalue weighted by molar-refractivity contribution is -0.116. The largest absolute Gasteiger partial charge is 0.326 e. The number of amides is 1. The molecule has 0 aliphatic carbocycles. The minimum atomic E-state index is -3.70. The second kappa shape index (κ2) is 8.49. The highest BCUT2D eigenvalue weighted by atomic mass is 32.2. The molecule has 0 atom stereocenters. The van der Waals surface area contributed by atoms with Crippen LogP contribution < -0.4 is 10.0 Å². The molecule has 0 saturated heterocycles. The molecule has 2 aromatic carbocycles. The van der Waals surface area contributed by atoms with Gasteiger partial charge in [-0.15, -0.1) is 11.3 Å². The summed E-state index contributed by atoms with van der Waals surface area (Å²) in [5.74, 6) is -0.609. The van der Waals surface area contributed by atoms with E-state index >= 15 is 0 Å². The molecule has 0 radical (unpaired) electrons. The normalized spacial score (nSPS) is 11.2. The van der Waals surface area contributed by atoms with Gasteiger partial charge in [-0.25, -0.2) is 17.8 Å². The van der Waals surface area contributed by atoms with Gasteiger partial charge in [0.05, 0.1) is 10.6 Å². The minimum absolute atomic E-state index is 0.161.